The van der Waals surface area contributed by atoms with E-state index in [4.69, 9.17) is 15.2 Å². The second-order valence-electron chi connectivity index (χ2n) is 4.97. The number of guanidine groups is 1. The number of methoxy groups -OCH3 is 2. The van der Waals surface area contributed by atoms with Gasteiger partial charge in [-0.15, -0.1) is 0 Å². The van der Waals surface area contributed by atoms with E-state index in [1.165, 1.54) is 24.3 Å². The molecule has 3 N–H and O–H groups in total. The molecule has 1 aliphatic heterocycles. The zero-order valence-electron chi connectivity index (χ0n) is 12.6. The lowest BCUT2D eigenvalue weighted by Gasteiger charge is -2.19. The minimum absolute atomic E-state index is 0.416. The fourth-order valence-corrected chi connectivity index (χ4v) is 3.45. The normalized spacial score (nSPS) is 16.6. The molecule has 0 atom stereocenters. The SMILES string of the molecule is COc1ccc(OC)c(NC(N)=NCC2CCSCC2)c1. The van der Waals surface area contributed by atoms with Crippen LogP contribution >= 0.6 is 11.8 Å². The Morgan fingerprint density at radius 2 is 2.10 bits per heavy atom. The molecule has 1 saturated heterocycles. The number of anilines is 1. The van der Waals surface area contributed by atoms with Crippen LogP contribution in [0.5, 0.6) is 11.5 Å². The number of nitrogens with one attached hydrogen (secondary N) is 1. The van der Waals surface area contributed by atoms with E-state index >= 15 is 0 Å². The van der Waals surface area contributed by atoms with Gasteiger partial charge in [0.05, 0.1) is 19.9 Å². The molecule has 6 heteroatoms. The predicted octanol–water partition coefficient (Wildman–Crippen LogP) is 2.57. The molecule has 0 aromatic heterocycles. The van der Waals surface area contributed by atoms with Gasteiger partial charge in [0.15, 0.2) is 5.96 Å². The maximum absolute atomic E-state index is 5.98. The second-order valence-corrected chi connectivity index (χ2v) is 6.20. The Hall–Kier alpha value is -1.56. The van der Waals surface area contributed by atoms with Gasteiger partial charge in [-0.1, -0.05) is 0 Å². The van der Waals surface area contributed by atoms with E-state index in [0.29, 0.717) is 17.6 Å². The molecule has 0 unspecified atom stereocenters. The third kappa shape index (κ3) is 4.74. The second kappa shape index (κ2) is 8.02. The summed E-state index contributed by atoms with van der Waals surface area (Å²) in [6.07, 6.45) is 2.45. The average molecular weight is 309 g/mol. The zero-order valence-corrected chi connectivity index (χ0v) is 13.4. The number of hydrogen-bond donors (Lipinski definition) is 2. The predicted molar refractivity (Wildman–Crippen MR) is 89.7 cm³/mol. The van der Waals surface area contributed by atoms with Crippen molar-refractivity contribution in [3.05, 3.63) is 18.2 Å². The van der Waals surface area contributed by atoms with Gasteiger partial charge >= 0.3 is 0 Å². The van der Waals surface area contributed by atoms with E-state index in [0.717, 1.165) is 18.0 Å². The van der Waals surface area contributed by atoms with Crippen LogP contribution in [0.25, 0.3) is 0 Å². The van der Waals surface area contributed by atoms with Crippen molar-refractivity contribution in [2.75, 3.05) is 37.6 Å². The smallest absolute Gasteiger partial charge is 0.193 e. The molecular formula is C15H23N3O2S. The van der Waals surface area contributed by atoms with Gasteiger partial charge in [0, 0.05) is 12.6 Å². The van der Waals surface area contributed by atoms with Crippen LogP contribution in [-0.2, 0) is 0 Å². The number of hydrogen-bond acceptors (Lipinski definition) is 4. The Labute approximate surface area is 130 Å². The van der Waals surface area contributed by atoms with Crippen LogP contribution in [0.15, 0.2) is 23.2 Å². The van der Waals surface area contributed by atoms with Crippen molar-refractivity contribution in [1.29, 1.82) is 0 Å². The van der Waals surface area contributed by atoms with Crippen molar-refractivity contribution in [2.24, 2.45) is 16.6 Å². The summed E-state index contributed by atoms with van der Waals surface area (Å²) in [5.41, 5.74) is 6.74. The van der Waals surface area contributed by atoms with Gasteiger partial charge in [-0.05, 0) is 42.4 Å². The van der Waals surface area contributed by atoms with Gasteiger partial charge in [0.2, 0.25) is 0 Å². The van der Waals surface area contributed by atoms with Crippen LogP contribution in [0.1, 0.15) is 12.8 Å². The van der Waals surface area contributed by atoms with Gasteiger partial charge in [-0.2, -0.15) is 11.8 Å². The summed E-state index contributed by atoms with van der Waals surface area (Å²) in [4.78, 5) is 4.45. The van der Waals surface area contributed by atoms with Crippen molar-refractivity contribution < 1.29 is 9.47 Å². The van der Waals surface area contributed by atoms with E-state index in [1.54, 1.807) is 14.2 Å². The van der Waals surface area contributed by atoms with Crippen molar-refractivity contribution in [3.8, 4) is 11.5 Å². The highest BCUT2D eigenvalue weighted by Gasteiger charge is 2.13. The summed E-state index contributed by atoms with van der Waals surface area (Å²) in [5.74, 6) is 4.99. The molecule has 116 valence electrons. The first-order valence-corrected chi connectivity index (χ1v) is 8.25. The summed E-state index contributed by atoms with van der Waals surface area (Å²) >= 11 is 2.02. The number of benzene rings is 1. The number of thioether (sulfide) groups is 1. The Morgan fingerprint density at radius 1 is 1.33 bits per heavy atom. The van der Waals surface area contributed by atoms with Crippen molar-refractivity contribution in [3.63, 3.8) is 0 Å². The molecule has 1 aromatic rings. The first-order chi connectivity index (χ1) is 10.2. The summed E-state index contributed by atoms with van der Waals surface area (Å²) in [6.45, 7) is 0.783. The number of aliphatic imine (C=N–C) groups is 1. The molecular weight excluding hydrogens is 286 g/mol. The maximum atomic E-state index is 5.98. The Bertz CT molecular complexity index is 488. The lowest BCUT2D eigenvalue weighted by atomic mass is 10.0. The molecule has 5 nitrogen and oxygen atoms in total. The molecule has 2 rings (SSSR count). The molecule has 0 aliphatic carbocycles. The highest BCUT2D eigenvalue weighted by Crippen LogP contribution is 2.28. The maximum Gasteiger partial charge on any atom is 0.193 e. The van der Waals surface area contributed by atoms with Gasteiger partial charge < -0.3 is 20.5 Å². The van der Waals surface area contributed by atoms with E-state index in [9.17, 15) is 0 Å². The summed E-state index contributed by atoms with van der Waals surface area (Å²) in [7, 11) is 3.25. The zero-order chi connectivity index (χ0) is 15.1. The third-order valence-electron chi connectivity index (χ3n) is 3.53. The molecule has 1 heterocycles. The topological polar surface area (TPSA) is 68.9 Å². The highest BCUT2D eigenvalue weighted by molar-refractivity contribution is 7.99. The molecule has 0 spiro atoms. The van der Waals surface area contributed by atoms with Gasteiger partial charge in [0.1, 0.15) is 11.5 Å². The number of rotatable bonds is 5. The lowest BCUT2D eigenvalue weighted by molar-refractivity contribution is 0.405. The lowest BCUT2D eigenvalue weighted by Crippen LogP contribution is -2.25. The molecule has 0 bridgehead atoms. The third-order valence-corrected chi connectivity index (χ3v) is 4.58. The summed E-state index contributed by atoms with van der Waals surface area (Å²) in [5, 5.41) is 3.09. The first-order valence-electron chi connectivity index (χ1n) is 7.09. The molecule has 1 aliphatic rings. The molecule has 1 fully saturated rings. The van der Waals surface area contributed by atoms with Crippen molar-refractivity contribution in [1.82, 2.24) is 0 Å². The van der Waals surface area contributed by atoms with Crippen LogP contribution < -0.4 is 20.5 Å². The van der Waals surface area contributed by atoms with Gasteiger partial charge in [-0.3, -0.25) is 4.99 Å². The van der Waals surface area contributed by atoms with Crippen molar-refractivity contribution in [2.45, 2.75) is 12.8 Å². The molecule has 21 heavy (non-hydrogen) atoms. The largest absolute Gasteiger partial charge is 0.497 e. The van der Waals surface area contributed by atoms with Crippen LogP contribution in [0.2, 0.25) is 0 Å². The fourth-order valence-electron chi connectivity index (χ4n) is 2.25. The molecule has 0 saturated carbocycles. The van der Waals surface area contributed by atoms with Gasteiger partial charge in [-0.25, -0.2) is 0 Å². The Morgan fingerprint density at radius 3 is 2.76 bits per heavy atom. The minimum Gasteiger partial charge on any atom is -0.497 e. The summed E-state index contributed by atoms with van der Waals surface area (Å²) < 4.78 is 10.5. The standard InChI is InChI=1S/C15H23N3O2S/c1-19-12-3-4-14(20-2)13(9-12)18-15(16)17-10-11-5-7-21-8-6-11/h3-4,9,11H,5-8,10H2,1-2H3,(H3,16,17,18). The molecule has 1 aromatic carbocycles. The average Bonchev–Trinajstić information content (AvgIpc) is 2.54. The highest BCUT2D eigenvalue weighted by atomic mass is 32.2. The molecule has 0 amide bonds. The first kappa shape index (κ1) is 15.8. The van der Waals surface area contributed by atoms with Crippen LogP contribution in [0.3, 0.4) is 0 Å². The summed E-state index contributed by atoms with van der Waals surface area (Å²) in [6, 6.07) is 5.53. The quantitative estimate of drug-likeness (QED) is 0.646. The van der Waals surface area contributed by atoms with Gasteiger partial charge in [0.25, 0.3) is 0 Å². The number of nitrogens with zero attached hydrogens (tertiary/aromatic N) is 1. The van der Waals surface area contributed by atoms with E-state index in [2.05, 4.69) is 10.3 Å². The number of ether oxygens (including phenoxy) is 2. The van der Waals surface area contributed by atoms with E-state index in [1.807, 2.05) is 30.0 Å². The van der Waals surface area contributed by atoms with E-state index in [-0.39, 0.29) is 0 Å². The number of nitrogens with two attached hydrogens (primary N) is 1. The van der Waals surface area contributed by atoms with Crippen LogP contribution in [0.4, 0.5) is 5.69 Å². The Kier molecular flexibility index (Phi) is 6.04. The minimum atomic E-state index is 0.416. The Balaban J connectivity index is 1.98. The van der Waals surface area contributed by atoms with E-state index < -0.39 is 0 Å². The fraction of sp³-hybridized carbons (Fsp3) is 0.533. The molecule has 0 radical (unpaired) electrons. The van der Waals surface area contributed by atoms with Crippen molar-refractivity contribution >= 4 is 23.4 Å². The van der Waals surface area contributed by atoms with Crippen LogP contribution in [-0.4, -0.2) is 38.2 Å². The monoisotopic (exact) mass is 309 g/mol. The van der Waals surface area contributed by atoms with Crippen LogP contribution in [0, 0.1) is 5.92 Å².